The average Bonchev–Trinajstić information content (AvgIpc) is 2.85. The molecule has 2 aliphatic rings. The van der Waals surface area contributed by atoms with E-state index >= 15 is 0 Å². The number of carbonyl (C=O) groups is 1. The maximum Gasteiger partial charge on any atom is 0.239 e. The van der Waals surface area contributed by atoms with Gasteiger partial charge in [0.1, 0.15) is 0 Å². The molecule has 2 rings (SSSR count). The minimum Gasteiger partial charge on any atom is -0.393 e. The lowest BCUT2D eigenvalue weighted by Gasteiger charge is -2.37. The van der Waals surface area contributed by atoms with Gasteiger partial charge in [0.2, 0.25) is 5.91 Å². The smallest absolute Gasteiger partial charge is 0.239 e. The predicted octanol–water partition coefficient (Wildman–Crippen LogP) is 0.307. The molecule has 0 bridgehead atoms. The number of amides is 1. The molecule has 0 aliphatic carbocycles. The Balaban J connectivity index is 1.90. The minimum atomic E-state index is -0.452. The van der Waals surface area contributed by atoms with E-state index in [9.17, 15) is 14.3 Å². The van der Waals surface area contributed by atoms with Gasteiger partial charge in [0, 0.05) is 19.0 Å². The molecule has 0 aromatic heterocycles. The van der Waals surface area contributed by atoms with Crippen molar-refractivity contribution in [3.8, 4) is 0 Å². The summed E-state index contributed by atoms with van der Waals surface area (Å²) in [7, 11) is 0. The van der Waals surface area contributed by atoms with Crippen LogP contribution < -0.4 is 5.32 Å². The standard InChI is InChI=1S/C12H21FN2O2/c13-5-3-9-8-15(7-4-11(9)16)12(17)10-2-1-6-14-10/h9-11,14,16H,1-8H2/t9?,10-,11?/m0/s1. The maximum atomic E-state index is 12.4. The number of piperidine rings is 1. The van der Waals surface area contributed by atoms with E-state index in [1.54, 1.807) is 4.90 Å². The Morgan fingerprint density at radius 2 is 2.29 bits per heavy atom. The molecule has 2 unspecified atom stereocenters. The highest BCUT2D eigenvalue weighted by Crippen LogP contribution is 2.22. The monoisotopic (exact) mass is 244 g/mol. The van der Waals surface area contributed by atoms with Crippen LogP contribution in [0.15, 0.2) is 0 Å². The van der Waals surface area contributed by atoms with E-state index in [-0.39, 0.29) is 17.9 Å². The summed E-state index contributed by atoms with van der Waals surface area (Å²) in [6, 6.07) is -0.0590. The Hall–Kier alpha value is -0.680. The Bertz CT molecular complexity index is 269. The highest BCUT2D eigenvalue weighted by Gasteiger charge is 2.33. The molecule has 5 heteroatoms. The quantitative estimate of drug-likeness (QED) is 0.751. The topological polar surface area (TPSA) is 52.6 Å². The molecule has 0 radical (unpaired) electrons. The van der Waals surface area contributed by atoms with Gasteiger partial charge in [-0.1, -0.05) is 0 Å². The fourth-order valence-corrected chi connectivity index (χ4v) is 2.76. The van der Waals surface area contributed by atoms with Gasteiger partial charge in [-0.05, 0) is 32.2 Å². The van der Waals surface area contributed by atoms with E-state index in [1.165, 1.54) is 0 Å². The molecule has 1 amide bonds. The highest BCUT2D eigenvalue weighted by atomic mass is 19.1. The summed E-state index contributed by atoms with van der Waals surface area (Å²) in [5.41, 5.74) is 0. The van der Waals surface area contributed by atoms with Crippen molar-refractivity contribution < 1.29 is 14.3 Å². The zero-order valence-electron chi connectivity index (χ0n) is 10.1. The summed E-state index contributed by atoms with van der Waals surface area (Å²) in [5, 5.41) is 12.9. The Kier molecular flexibility index (Phi) is 4.34. The molecule has 2 heterocycles. The molecule has 0 saturated carbocycles. The SMILES string of the molecule is O=C([C@@H]1CCCN1)N1CCC(O)C(CCF)C1. The van der Waals surface area contributed by atoms with Crippen molar-refractivity contribution in [3.05, 3.63) is 0 Å². The second-order valence-corrected chi connectivity index (χ2v) is 5.03. The first-order chi connectivity index (χ1) is 8.22. The molecule has 2 fully saturated rings. The number of halogens is 1. The van der Waals surface area contributed by atoms with E-state index in [0.29, 0.717) is 25.9 Å². The van der Waals surface area contributed by atoms with Gasteiger partial charge in [-0.2, -0.15) is 0 Å². The lowest BCUT2D eigenvalue weighted by Crippen LogP contribution is -2.51. The van der Waals surface area contributed by atoms with Crippen molar-refractivity contribution in [2.24, 2.45) is 5.92 Å². The number of aliphatic hydroxyl groups excluding tert-OH is 1. The summed E-state index contributed by atoms with van der Waals surface area (Å²) in [4.78, 5) is 13.9. The number of likely N-dealkylation sites (tertiary alicyclic amines) is 1. The molecule has 2 N–H and O–H groups in total. The number of hydrogen-bond donors (Lipinski definition) is 2. The lowest BCUT2D eigenvalue weighted by atomic mass is 9.91. The van der Waals surface area contributed by atoms with Crippen LogP contribution in [0.4, 0.5) is 4.39 Å². The lowest BCUT2D eigenvalue weighted by molar-refractivity contribution is -0.137. The fraction of sp³-hybridized carbons (Fsp3) is 0.917. The van der Waals surface area contributed by atoms with E-state index in [0.717, 1.165) is 19.4 Å². The summed E-state index contributed by atoms with van der Waals surface area (Å²) < 4.78 is 12.4. The minimum absolute atomic E-state index is 0.0590. The van der Waals surface area contributed by atoms with E-state index in [4.69, 9.17) is 0 Å². The van der Waals surface area contributed by atoms with Gasteiger partial charge in [-0.15, -0.1) is 0 Å². The number of carbonyl (C=O) groups excluding carboxylic acids is 1. The third-order valence-corrected chi connectivity index (χ3v) is 3.84. The number of rotatable bonds is 3. The zero-order valence-corrected chi connectivity index (χ0v) is 10.1. The second-order valence-electron chi connectivity index (χ2n) is 5.03. The second kappa shape index (κ2) is 5.78. The molecular formula is C12H21FN2O2. The van der Waals surface area contributed by atoms with Crippen molar-refractivity contribution >= 4 is 5.91 Å². The molecule has 0 spiro atoms. The number of nitrogens with one attached hydrogen (secondary N) is 1. The van der Waals surface area contributed by atoms with Crippen molar-refractivity contribution in [1.29, 1.82) is 0 Å². The van der Waals surface area contributed by atoms with Gasteiger partial charge < -0.3 is 15.3 Å². The van der Waals surface area contributed by atoms with Crippen LogP contribution in [0.25, 0.3) is 0 Å². The zero-order chi connectivity index (χ0) is 12.3. The first-order valence-corrected chi connectivity index (χ1v) is 6.48. The van der Waals surface area contributed by atoms with Gasteiger partial charge in [0.05, 0.1) is 18.8 Å². The van der Waals surface area contributed by atoms with Crippen LogP contribution in [0.2, 0.25) is 0 Å². The van der Waals surface area contributed by atoms with Crippen molar-refractivity contribution in [1.82, 2.24) is 10.2 Å². The highest BCUT2D eigenvalue weighted by molar-refractivity contribution is 5.82. The Morgan fingerprint density at radius 3 is 2.94 bits per heavy atom. The maximum absolute atomic E-state index is 12.4. The number of nitrogens with zero attached hydrogens (tertiary/aromatic N) is 1. The molecule has 2 saturated heterocycles. The molecule has 0 aromatic carbocycles. The summed E-state index contributed by atoms with van der Waals surface area (Å²) >= 11 is 0. The molecule has 3 atom stereocenters. The van der Waals surface area contributed by atoms with Crippen LogP contribution in [0.3, 0.4) is 0 Å². The number of aliphatic hydroxyl groups is 1. The summed E-state index contributed by atoms with van der Waals surface area (Å²) in [6.07, 6.45) is 2.41. The van der Waals surface area contributed by atoms with E-state index in [1.807, 2.05) is 0 Å². The van der Waals surface area contributed by atoms with Crippen molar-refractivity contribution in [3.63, 3.8) is 0 Å². The van der Waals surface area contributed by atoms with E-state index < -0.39 is 12.8 Å². The van der Waals surface area contributed by atoms with Crippen LogP contribution in [0, 0.1) is 5.92 Å². The van der Waals surface area contributed by atoms with Crippen LogP contribution >= 0.6 is 0 Å². The normalized spacial score (nSPS) is 34.0. The Labute approximate surface area is 101 Å². The van der Waals surface area contributed by atoms with Crippen molar-refractivity contribution in [2.45, 2.75) is 37.8 Å². The van der Waals surface area contributed by atoms with E-state index in [2.05, 4.69) is 5.32 Å². The van der Waals surface area contributed by atoms with Crippen LogP contribution in [0.5, 0.6) is 0 Å². The number of hydrogen-bond acceptors (Lipinski definition) is 3. The summed E-state index contributed by atoms with van der Waals surface area (Å²) in [6.45, 7) is 1.58. The van der Waals surface area contributed by atoms with Gasteiger partial charge in [-0.25, -0.2) is 0 Å². The third kappa shape index (κ3) is 2.96. The van der Waals surface area contributed by atoms with Crippen LogP contribution in [0.1, 0.15) is 25.7 Å². The summed E-state index contributed by atoms with van der Waals surface area (Å²) in [5.74, 6) is 0.0253. The Morgan fingerprint density at radius 1 is 1.47 bits per heavy atom. The largest absolute Gasteiger partial charge is 0.393 e. The van der Waals surface area contributed by atoms with Gasteiger partial charge >= 0.3 is 0 Å². The molecule has 98 valence electrons. The van der Waals surface area contributed by atoms with Crippen LogP contribution in [-0.2, 0) is 4.79 Å². The van der Waals surface area contributed by atoms with Gasteiger partial charge in [0.25, 0.3) is 0 Å². The fourth-order valence-electron chi connectivity index (χ4n) is 2.76. The average molecular weight is 244 g/mol. The number of alkyl halides is 1. The first-order valence-electron chi connectivity index (χ1n) is 6.48. The van der Waals surface area contributed by atoms with Crippen molar-refractivity contribution in [2.75, 3.05) is 26.3 Å². The van der Waals surface area contributed by atoms with Crippen LogP contribution in [-0.4, -0.2) is 54.4 Å². The third-order valence-electron chi connectivity index (χ3n) is 3.84. The van der Waals surface area contributed by atoms with Gasteiger partial charge in [0.15, 0.2) is 0 Å². The molecule has 17 heavy (non-hydrogen) atoms. The van der Waals surface area contributed by atoms with Gasteiger partial charge in [-0.3, -0.25) is 9.18 Å². The molecular weight excluding hydrogens is 223 g/mol. The predicted molar refractivity (Wildman–Crippen MR) is 62.3 cm³/mol. The molecule has 4 nitrogen and oxygen atoms in total. The molecule has 0 aromatic rings. The first kappa shape index (κ1) is 12.8. The molecule has 2 aliphatic heterocycles.